The number of fused-ring (bicyclic) bond motifs is 7. The molecule has 146 valence electrons. The molecule has 1 spiro atoms. The van der Waals surface area contributed by atoms with Crippen LogP contribution in [0.3, 0.4) is 0 Å². The standard InChI is InChI=1S/C27H32O/c1-4-26(5-2)12-14-27(15-13-26)22-16-18(3)10-11-21(22)25-20-9-7-6-8-19(20)24(28)17-23(25)27/h7,9-11,16-17,28H,4-6,8,12-15H2,1-3H3. The summed E-state index contributed by atoms with van der Waals surface area (Å²) in [6.07, 6.45) is 14.1. The molecular weight excluding hydrogens is 340 g/mol. The van der Waals surface area contributed by atoms with Crippen LogP contribution in [-0.2, 0) is 11.8 Å². The average Bonchev–Trinajstić information content (AvgIpc) is 2.99. The van der Waals surface area contributed by atoms with Crippen LogP contribution in [0.15, 0.2) is 30.3 Å². The Kier molecular flexibility index (Phi) is 4.02. The summed E-state index contributed by atoms with van der Waals surface area (Å²) in [5, 5.41) is 10.9. The molecule has 0 aliphatic heterocycles. The van der Waals surface area contributed by atoms with Crippen molar-refractivity contribution in [3.8, 4) is 16.9 Å². The lowest BCUT2D eigenvalue weighted by Gasteiger charge is -2.46. The highest BCUT2D eigenvalue weighted by molar-refractivity contribution is 5.90. The van der Waals surface area contributed by atoms with Gasteiger partial charge in [0.2, 0.25) is 0 Å². The minimum atomic E-state index is 0.0856. The van der Waals surface area contributed by atoms with E-state index in [1.807, 2.05) is 0 Å². The van der Waals surface area contributed by atoms with Crippen LogP contribution in [0, 0.1) is 12.3 Å². The second-order valence-electron chi connectivity index (χ2n) is 9.49. The number of hydrogen-bond donors (Lipinski definition) is 1. The summed E-state index contributed by atoms with van der Waals surface area (Å²) in [6.45, 7) is 6.96. The summed E-state index contributed by atoms with van der Waals surface area (Å²) in [4.78, 5) is 0. The predicted molar refractivity (Wildman–Crippen MR) is 118 cm³/mol. The molecule has 3 aliphatic rings. The van der Waals surface area contributed by atoms with E-state index in [4.69, 9.17) is 0 Å². The van der Waals surface area contributed by atoms with E-state index in [1.54, 1.807) is 0 Å². The fourth-order valence-corrected chi connectivity index (χ4v) is 6.39. The Balaban J connectivity index is 1.75. The van der Waals surface area contributed by atoms with Crippen LogP contribution in [0.1, 0.15) is 86.6 Å². The molecule has 1 fully saturated rings. The molecule has 5 rings (SSSR count). The van der Waals surface area contributed by atoms with Crippen molar-refractivity contribution < 1.29 is 5.11 Å². The van der Waals surface area contributed by atoms with Crippen molar-refractivity contribution in [2.24, 2.45) is 5.41 Å². The largest absolute Gasteiger partial charge is 0.508 e. The number of hydrogen-bond acceptors (Lipinski definition) is 1. The number of phenols is 1. The number of phenolic OH excluding ortho intramolecular Hbond substituents is 1. The maximum Gasteiger partial charge on any atom is 0.119 e. The third-order valence-electron chi connectivity index (χ3n) is 8.44. The third kappa shape index (κ3) is 2.31. The highest BCUT2D eigenvalue weighted by Gasteiger charge is 2.49. The summed E-state index contributed by atoms with van der Waals surface area (Å²) in [5.74, 6) is 0.518. The molecule has 2 aromatic rings. The normalized spacial score (nSPS) is 20.7. The quantitative estimate of drug-likeness (QED) is 0.586. The first-order valence-corrected chi connectivity index (χ1v) is 11.2. The zero-order valence-electron chi connectivity index (χ0n) is 17.6. The van der Waals surface area contributed by atoms with Crippen molar-refractivity contribution in [2.45, 2.75) is 77.6 Å². The van der Waals surface area contributed by atoms with Crippen LogP contribution in [0.2, 0.25) is 0 Å². The smallest absolute Gasteiger partial charge is 0.119 e. The molecule has 0 saturated heterocycles. The lowest BCUT2D eigenvalue weighted by Crippen LogP contribution is -2.36. The Labute approximate surface area is 169 Å². The van der Waals surface area contributed by atoms with Crippen LogP contribution < -0.4 is 0 Å². The Morgan fingerprint density at radius 3 is 2.43 bits per heavy atom. The molecule has 0 aromatic heterocycles. The van der Waals surface area contributed by atoms with Crippen molar-refractivity contribution in [3.63, 3.8) is 0 Å². The number of rotatable bonds is 2. The lowest BCUT2D eigenvalue weighted by atomic mass is 9.58. The van der Waals surface area contributed by atoms with Crippen LogP contribution in [-0.4, -0.2) is 5.11 Å². The number of aromatic hydroxyl groups is 1. The van der Waals surface area contributed by atoms with Gasteiger partial charge in [0.05, 0.1) is 0 Å². The fourth-order valence-electron chi connectivity index (χ4n) is 6.39. The van der Waals surface area contributed by atoms with E-state index in [9.17, 15) is 5.11 Å². The first-order valence-electron chi connectivity index (χ1n) is 11.2. The summed E-state index contributed by atoms with van der Waals surface area (Å²) >= 11 is 0. The number of benzene rings is 2. The minimum absolute atomic E-state index is 0.0856. The van der Waals surface area contributed by atoms with Gasteiger partial charge in [0.15, 0.2) is 0 Å². The average molecular weight is 373 g/mol. The maximum absolute atomic E-state index is 10.9. The highest BCUT2D eigenvalue weighted by atomic mass is 16.3. The van der Waals surface area contributed by atoms with Gasteiger partial charge in [-0.15, -0.1) is 0 Å². The molecule has 0 amide bonds. The molecule has 1 N–H and O–H groups in total. The van der Waals surface area contributed by atoms with Crippen molar-refractivity contribution in [1.82, 2.24) is 0 Å². The van der Waals surface area contributed by atoms with Gasteiger partial charge in [-0.2, -0.15) is 0 Å². The van der Waals surface area contributed by atoms with E-state index in [-0.39, 0.29) is 5.41 Å². The van der Waals surface area contributed by atoms with Gasteiger partial charge in [-0.05, 0) is 84.7 Å². The molecule has 28 heavy (non-hydrogen) atoms. The van der Waals surface area contributed by atoms with E-state index in [0.717, 1.165) is 18.4 Å². The van der Waals surface area contributed by atoms with Gasteiger partial charge in [0.25, 0.3) is 0 Å². The number of allylic oxidation sites excluding steroid dienone is 1. The van der Waals surface area contributed by atoms with Gasteiger partial charge in [0.1, 0.15) is 5.75 Å². The van der Waals surface area contributed by atoms with Crippen molar-refractivity contribution in [3.05, 3.63) is 58.2 Å². The Morgan fingerprint density at radius 1 is 0.964 bits per heavy atom. The molecule has 3 aliphatic carbocycles. The molecule has 1 saturated carbocycles. The summed E-state index contributed by atoms with van der Waals surface area (Å²) in [6, 6.07) is 9.20. The third-order valence-corrected chi connectivity index (χ3v) is 8.44. The zero-order valence-corrected chi connectivity index (χ0v) is 17.6. The molecule has 0 bridgehead atoms. The summed E-state index contributed by atoms with van der Waals surface area (Å²) in [7, 11) is 0. The van der Waals surface area contributed by atoms with Crippen LogP contribution in [0.5, 0.6) is 5.75 Å². The van der Waals surface area contributed by atoms with E-state index >= 15 is 0 Å². The van der Waals surface area contributed by atoms with Gasteiger partial charge in [-0.1, -0.05) is 62.6 Å². The maximum atomic E-state index is 10.9. The van der Waals surface area contributed by atoms with Gasteiger partial charge in [-0.3, -0.25) is 0 Å². The van der Waals surface area contributed by atoms with Gasteiger partial charge in [0, 0.05) is 11.0 Å². The van der Waals surface area contributed by atoms with Gasteiger partial charge < -0.3 is 5.11 Å². The summed E-state index contributed by atoms with van der Waals surface area (Å²) < 4.78 is 0. The van der Waals surface area contributed by atoms with Crippen LogP contribution in [0.25, 0.3) is 17.2 Å². The van der Waals surface area contributed by atoms with E-state index in [1.165, 1.54) is 71.9 Å². The Morgan fingerprint density at radius 2 is 1.71 bits per heavy atom. The zero-order chi connectivity index (χ0) is 19.5. The Hall–Kier alpha value is -2.02. The predicted octanol–water partition coefficient (Wildman–Crippen LogP) is 7.31. The highest BCUT2D eigenvalue weighted by Crippen LogP contribution is 2.61. The van der Waals surface area contributed by atoms with E-state index < -0.39 is 0 Å². The van der Waals surface area contributed by atoms with Crippen LogP contribution in [0.4, 0.5) is 0 Å². The van der Waals surface area contributed by atoms with Crippen molar-refractivity contribution >= 4 is 6.08 Å². The molecule has 0 heterocycles. The van der Waals surface area contributed by atoms with Gasteiger partial charge in [-0.25, -0.2) is 0 Å². The lowest BCUT2D eigenvalue weighted by molar-refractivity contribution is 0.133. The van der Waals surface area contributed by atoms with Crippen molar-refractivity contribution in [1.29, 1.82) is 0 Å². The minimum Gasteiger partial charge on any atom is -0.508 e. The molecule has 1 nitrogen and oxygen atoms in total. The molecule has 0 atom stereocenters. The topological polar surface area (TPSA) is 20.2 Å². The Bertz CT molecular complexity index is 964. The molecule has 0 radical (unpaired) electrons. The fraction of sp³-hybridized carbons (Fsp3) is 0.481. The van der Waals surface area contributed by atoms with Crippen molar-refractivity contribution in [2.75, 3.05) is 0 Å². The molecule has 1 heteroatoms. The van der Waals surface area contributed by atoms with E-state index in [2.05, 4.69) is 57.2 Å². The first-order chi connectivity index (χ1) is 13.5. The van der Waals surface area contributed by atoms with Crippen LogP contribution >= 0.6 is 0 Å². The molecular formula is C27H32O. The first kappa shape index (κ1) is 18.0. The molecule has 0 unspecified atom stereocenters. The van der Waals surface area contributed by atoms with Gasteiger partial charge >= 0.3 is 0 Å². The second kappa shape index (κ2) is 6.24. The SMILES string of the molecule is CCC1(CC)CCC2(CC1)c1cc(C)ccc1-c1c2cc(O)c2c1C=CCC2. The summed E-state index contributed by atoms with van der Waals surface area (Å²) in [5.41, 5.74) is 10.1. The molecule has 2 aromatic carbocycles. The number of aryl methyl sites for hydroxylation is 1. The second-order valence-corrected chi connectivity index (χ2v) is 9.49. The van der Waals surface area contributed by atoms with E-state index in [0.29, 0.717) is 11.2 Å². The monoisotopic (exact) mass is 372 g/mol.